The molecule has 12 heteroatoms. The Morgan fingerprint density at radius 2 is 1.94 bits per heavy atom. The molecule has 0 aliphatic carbocycles. The molecule has 0 fully saturated rings. The average Bonchev–Trinajstić information content (AvgIpc) is 3.43. The van der Waals surface area contributed by atoms with Gasteiger partial charge in [-0.2, -0.15) is 30.8 Å². The number of hydrogen-bond donors (Lipinski definition) is 2. The van der Waals surface area contributed by atoms with Crippen LogP contribution >= 0.6 is 0 Å². The van der Waals surface area contributed by atoms with E-state index in [1.807, 2.05) is 4.98 Å². The van der Waals surface area contributed by atoms with Crippen molar-refractivity contribution in [2.75, 3.05) is 6.61 Å². The molecule has 2 aromatic heterocycles. The quantitative estimate of drug-likeness (QED) is 0.614. The number of aliphatic hydroxyl groups is 1. The number of benzene rings is 1. The first-order valence-corrected chi connectivity index (χ1v) is 10.6. The molecule has 3 heterocycles. The standard InChI is InChI=1S/C19H17F3N4O4S/c20-19(21,22)17-6-14(7-23-17)31(29,30)26-9-13-8-25(10-16(13)24-26)18(28)15(11-27)12-4-2-1-3-5-12/h1-7,9,15,23,27H,8,10-11H2/t15-/m1/s1. The van der Waals surface area contributed by atoms with Gasteiger partial charge in [-0.05, 0) is 11.6 Å². The monoisotopic (exact) mass is 454 g/mol. The van der Waals surface area contributed by atoms with Gasteiger partial charge < -0.3 is 15.0 Å². The number of carbonyl (C=O) groups excluding carboxylic acids is 1. The van der Waals surface area contributed by atoms with Crippen LogP contribution in [0.1, 0.15) is 28.4 Å². The van der Waals surface area contributed by atoms with E-state index in [2.05, 4.69) is 5.10 Å². The number of nitrogens with zero attached hydrogens (tertiary/aromatic N) is 3. The second-order valence-electron chi connectivity index (χ2n) is 7.07. The van der Waals surface area contributed by atoms with Crippen LogP contribution in [-0.2, 0) is 34.1 Å². The minimum absolute atomic E-state index is 0.0287. The Labute approximate surface area is 175 Å². The summed E-state index contributed by atoms with van der Waals surface area (Å²) in [7, 11) is -4.33. The van der Waals surface area contributed by atoms with E-state index >= 15 is 0 Å². The molecule has 0 saturated heterocycles. The normalized spacial score (nSPS) is 15.2. The van der Waals surface area contributed by atoms with Gasteiger partial charge in [0, 0.05) is 24.5 Å². The van der Waals surface area contributed by atoms with Gasteiger partial charge in [-0.25, -0.2) is 0 Å². The zero-order valence-corrected chi connectivity index (χ0v) is 16.7. The van der Waals surface area contributed by atoms with Crippen LogP contribution < -0.4 is 0 Å². The number of aromatic amines is 1. The molecule has 2 N–H and O–H groups in total. The van der Waals surface area contributed by atoms with Gasteiger partial charge in [0.1, 0.15) is 10.6 Å². The van der Waals surface area contributed by atoms with E-state index in [1.54, 1.807) is 30.3 Å². The minimum atomic E-state index is -4.71. The zero-order valence-electron chi connectivity index (χ0n) is 15.9. The van der Waals surface area contributed by atoms with E-state index < -0.39 is 32.7 Å². The number of carbonyl (C=O) groups is 1. The number of hydrogen-bond acceptors (Lipinski definition) is 5. The maximum Gasteiger partial charge on any atom is 0.431 e. The highest BCUT2D eigenvalue weighted by Gasteiger charge is 2.36. The van der Waals surface area contributed by atoms with E-state index in [1.165, 1.54) is 11.1 Å². The molecule has 1 aromatic carbocycles. The zero-order chi connectivity index (χ0) is 22.4. The molecule has 0 radical (unpaired) electrons. The number of H-pyrrole nitrogens is 1. The third kappa shape index (κ3) is 3.83. The first kappa shape index (κ1) is 21.1. The van der Waals surface area contributed by atoms with Gasteiger partial charge in [-0.15, -0.1) is 0 Å². The summed E-state index contributed by atoms with van der Waals surface area (Å²) in [4.78, 5) is 15.6. The number of nitrogens with one attached hydrogen (secondary N) is 1. The molecule has 31 heavy (non-hydrogen) atoms. The lowest BCUT2D eigenvalue weighted by atomic mass is 9.98. The SMILES string of the molecule is O=C([C@H](CO)c1ccccc1)N1Cc2cn(S(=O)(=O)c3c[nH]c(C(F)(F)F)c3)nc2C1. The topological polar surface area (TPSA) is 108 Å². The predicted octanol–water partition coefficient (Wildman–Crippen LogP) is 2.09. The van der Waals surface area contributed by atoms with Crippen molar-refractivity contribution in [3.8, 4) is 0 Å². The molecule has 1 atom stereocenters. The summed E-state index contributed by atoms with van der Waals surface area (Å²) < 4.78 is 64.2. The van der Waals surface area contributed by atoms with Gasteiger partial charge in [0.2, 0.25) is 5.91 Å². The highest BCUT2D eigenvalue weighted by atomic mass is 32.2. The summed E-state index contributed by atoms with van der Waals surface area (Å²) in [5.41, 5.74) is 0.264. The summed E-state index contributed by atoms with van der Waals surface area (Å²) >= 11 is 0. The number of fused-ring (bicyclic) bond motifs is 1. The van der Waals surface area contributed by atoms with Crippen molar-refractivity contribution < 1.29 is 31.5 Å². The number of aliphatic hydroxyl groups excluding tert-OH is 1. The molecule has 0 bridgehead atoms. The third-order valence-corrected chi connectivity index (χ3v) is 6.57. The number of aromatic nitrogens is 3. The third-order valence-electron chi connectivity index (χ3n) is 5.06. The highest BCUT2D eigenvalue weighted by molar-refractivity contribution is 7.89. The number of alkyl halides is 3. The summed E-state index contributed by atoms with van der Waals surface area (Å²) in [5.74, 6) is -1.09. The van der Waals surface area contributed by atoms with Crippen LogP contribution in [0, 0.1) is 0 Å². The van der Waals surface area contributed by atoms with Gasteiger partial charge in [0.25, 0.3) is 10.0 Å². The summed E-state index contributed by atoms with van der Waals surface area (Å²) in [6.45, 7) is -0.282. The van der Waals surface area contributed by atoms with Crippen LogP contribution in [0.25, 0.3) is 0 Å². The van der Waals surface area contributed by atoms with Crippen molar-refractivity contribution in [3.63, 3.8) is 0 Å². The van der Waals surface area contributed by atoms with E-state index in [9.17, 15) is 31.5 Å². The van der Waals surface area contributed by atoms with Gasteiger partial charge >= 0.3 is 6.18 Å². The maximum atomic E-state index is 12.8. The van der Waals surface area contributed by atoms with Crippen molar-refractivity contribution in [1.82, 2.24) is 19.1 Å². The lowest BCUT2D eigenvalue weighted by Gasteiger charge is -2.22. The first-order chi connectivity index (χ1) is 14.6. The minimum Gasteiger partial charge on any atom is -0.395 e. The van der Waals surface area contributed by atoms with Crippen LogP contribution in [0.4, 0.5) is 13.2 Å². The Bertz CT molecular complexity index is 1200. The molecule has 1 aliphatic rings. The van der Waals surface area contributed by atoms with E-state index in [-0.39, 0.29) is 25.6 Å². The molecule has 0 unspecified atom stereocenters. The molecule has 8 nitrogen and oxygen atoms in total. The lowest BCUT2D eigenvalue weighted by molar-refractivity contribution is -0.140. The predicted molar refractivity (Wildman–Crippen MR) is 101 cm³/mol. The Hall–Kier alpha value is -3.12. The van der Waals surface area contributed by atoms with Crippen molar-refractivity contribution >= 4 is 15.9 Å². The smallest absolute Gasteiger partial charge is 0.395 e. The molecular weight excluding hydrogens is 437 g/mol. The van der Waals surface area contributed by atoms with Crippen LogP contribution in [0.2, 0.25) is 0 Å². The van der Waals surface area contributed by atoms with Gasteiger partial charge in [0.15, 0.2) is 0 Å². The average molecular weight is 454 g/mol. The van der Waals surface area contributed by atoms with Crippen LogP contribution in [-0.4, -0.2) is 45.1 Å². The number of amides is 1. The van der Waals surface area contributed by atoms with Crippen LogP contribution in [0.5, 0.6) is 0 Å². The fraction of sp³-hybridized carbons (Fsp3) is 0.263. The summed E-state index contributed by atoms with van der Waals surface area (Å²) in [6, 6.07) is 9.26. The fourth-order valence-electron chi connectivity index (χ4n) is 3.43. The van der Waals surface area contributed by atoms with E-state index in [0.717, 1.165) is 6.20 Å². The largest absolute Gasteiger partial charge is 0.431 e. The summed E-state index contributed by atoms with van der Waals surface area (Å²) in [5, 5.41) is 13.7. The molecule has 1 amide bonds. The Morgan fingerprint density at radius 1 is 1.23 bits per heavy atom. The second kappa shape index (κ2) is 7.54. The van der Waals surface area contributed by atoms with Crippen molar-refractivity contribution in [2.45, 2.75) is 30.1 Å². The molecular formula is C19H17F3N4O4S. The Morgan fingerprint density at radius 3 is 2.52 bits per heavy atom. The molecule has 0 saturated carbocycles. The Balaban J connectivity index is 1.53. The van der Waals surface area contributed by atoms with Crippen LogP contribution in [0.3, 0.4) is 0 Å². The molecule has 4 rings (SSSR count). The maximum absolute atomic E-state index is 12.8. The van der Waals surface area contributed by atoms with Crippen molar-refractivity contribution in [2.24, 2.45) is 0 Å². The first-order valence-electron chi connectivity index (χ1n) is 9.14. The van der Waals surface area contributed by atoms with Gasteiger partial charge in [-0.1, -0.05) is 30.3 Å². The van der Waals surface area contributed by atoms with Gasteiger partial charge in [-0.3, -0.25) is 4.79 Å². The van der Waals surface area contributed by atoms with Gasteiger partial charge in [0.05, 0.1) is 24.8 Å². The Kier molecular flexibility index (Phi) is 5.13. The van der Waals surface area contributed by atoms with Crippen LogP contribution in [0.15, 0.2) is 53.7 Å². The molecule has 164 valence electrons. The fourth-order valence-corrected chi connectivity index (χ4v) is 4.60. The van der Waals surface area contributed by atoms with E-state index in [0.29, 0.717) is 27.0 Å². The molecule has 3 aromatic rings. The van der Waals surface area contributed by atoms with E-state index in [4.69, 9.17) is 0 Å². The lowest BCUT2D eigenvalue weighted by Crippen LogP contribution is -2.33. The van der Waals surface area contributed by atoms with Crippen molar-refractivity contribution in [1.29, 1.82) is 0 Å². The summed E-state index contributed by atoms with van der Waals surface area (Å²) in [6.07, 6.45) is -2.76. The molecule has 1 aliphatic heterocycles. The number of halogens is 3. The second-order valence-corrected chi connectivity index (χ2v) is 8.86. The molecule has 0 spiro atoms. The highest BCUT2D eigenvalue weighted by Crippen LogP contribution is 2.31. The number of rotatable bonds is 5. The van der Waals surface area contributed by atoms with Crippen molar-refractivity contribution in [3.05, 3.63) is 71.3 Å².